The second kappa shape index (κ2) is 14.8. The number of benzene rings is 2. The van der Waals surface area contributed by atoms with E-state index in [9.17, 15) is 4.79 Å². The molecule has 4 nitrogen and oxygen atoms in total. The number of ether oxygens (including phenoxy) is 1. The molecule has 3 aromatic rings. The number of halogens is 1. The van der Waals surface area contributed by atoms with E-state index in [1.54, 1.807) is 24.3 Å². The van der Waals surface area contributed by atoms with E-state index in [-0.39, 0.29) is 5.91 Å². The van der Waals surface area contributed by atoms with Gasteiger partial charge >= 0.3 is 0 Å². The van der Waals surface area contributed by atoms with Gasteiger partial charge in [-0.3, -0.25) is 10.1 Å². The monoisotopic (exact) mass is 498 g/mol. The lowest BCUT2D eigenvalue weighted by molar-refractivity contribution is 0.102. The minimum absolute atomic E-state index is 0.264. The van der Waals surface area contributed by atoms with Crippen LogP contribution in [0.15, 0.2) is 53.9 Å². The van der Waals surface area contributed by atoms with Crippen LogP contribution in [0, 0.1) is 0 Å². The third kappa shape index (κ3) is 8.77. The molecule has 1 amide bonds. The number of thiazole rings is 1. The van der Waals surface area contributed by atoms with E-state index < -0.39 is 0 Å². The zero-order valence-corrected chi connectivity index (χ0v) is 21.6. The zero-order valence-electron chi connectivity index (χ0n) is 20.0. The second-order valence-electron chi connectivity index (χ2n) is 8.53. The van der Waals surface area contributed by atoms with Gasteiger partial charge in [0, 0.05) is 10.9 Å². The molecule has 34 heavy (non-hydrogen) atoms. The summed E-state index contributed by atoms with van der Waals surface area (Å²) in [4.78, 5) is 17.0. The number of hydrogen-bond acceptors (Lipinski definition) is 4. The molecular weight excluding hydrogens is 464 g/mol. The van der Waals surface area contributed by atoms with E-state index in [0.29, 0.717) is 15.7 Å². The number of carbonyl (C=O) groups is 1. The van der Waals surface area contributed by atoms with Gasteiger partial charge in [0.15, 0.2) is 5.13 Å². The quantitative estimate of drug-likeness (QED) is 0.212. The molecule has 0 unspecified atom stereocenters. The van der Waals surface area contributed by atoms with Crippen molar-refractivity contribution >= 4 is 34.0 Å². The fourth-order valence-corrected chi connectivity index (χ4v) is 4.73. The lowest BCUT2D eigenvalue weighted by atomic mass is 10.1. The molecule has 1 heterocycles. The molecule has 1 N–H and O–H groups in total. The van der Waals surface area contributed by atoms with E-state index >= 15 is 0 Å². The number of nitrogens with one attached hydrogen (secondary N) is 1. The Labute approximate surface area is 212 Å². The number of nitrogens with zero attached hydrogens (tertiary/aromatic N) is 1. The van der Waals surface area contributed by atoms with E-state index in [1.165, 1.54) is 69.1 Å². The highest BCUT2D eigenvalue weighted by Crippen LogP contribution is 2.28. The number of amides is 1. The number of unbranched alkanes of at least 4 members (excludes halogenated alkanes) is 9. The second-order valence-corrected chi connectivity index (χ2v) is 9.80. The topological polar surface area (TPSA) is 51.2 Å². The van der Waals surface area contributed by atoms with Gasteiger partial charge in [-0.15, -0.1) is 11.3 Å². The van der Waals surface area contributed by atoms with Crippen LogP contribution < -0.4 is 10.1 Å². The average Bonchev–Trinajstić information content (AvgIpc) is 3.31. The lowest BCUT2D eigenvalue weighted by Crippen LogP contribution is -2.12. The van der Waals surface area contributed by atoms with Crippen LogP contribution in [0.5, 0.6) is 5.75 Å². The van der Waals surface area contributed by atoms with Crippen LogP contribution in [-0.4, -0.2) is 17.5 Å². The Morgan fingerprint density at radius 2 is 1.65 bits per heavy atom. The normalized spacial score (nSPS) is 10.9. The van der Waals surface area contributed by atoms with Crippen molar-refractivity contribution in [3.63, 3.8) is 0 Å². The Hall–Kier alpha value is -2.37. The van der Waals surface area contributed by atoms with Gasteiger partial charge < -0.3 is 4.74 Å². The Kier molecular flexibility index (Phi) is 11.4. The van der Waals surface area contributed by atoms with Crippen LogP contribution >= 0.6 is 22.9 Å². The largest absolute Gasteiger partial charge is 0.494 e. The van der Waals surface area contributed by atoms with Crippen molar-refractivity contribution in [3.8, 4) is 17.0 Å². The third-order valence-corrected chi connectivity index (χ3v) is 6.83. The molecule has 0 aliphatic carbocycles. The van der Waals surface area contributed by atoms with Crippen molar-refractivity contribution in [2.75, 3.05) is 11.9 Å². The van der Waals surface area contributed by atoms with Crippen LogP contribution in [0.1, 0.15) is 81.5 Å². The first kappa shape index (κ1) is 26.2. The summed E-state index contributed by atoms with van der Waals surface area (Å²) in [6, 6.07) is 14.9. The molecule has 0 radical (unpaired) electrons. The Balaban J connectivity index is 1.39. The lowest BCUT2D eigenvalue weighted by Gasteiger charge is -2.07. The highest BCUT2D eigenvalue weighted by atomic mass is 35.5. The fraction of sp³-hybridized carbons (Fsp3) is 0.429. The molecular formula is C28H35ClN2O2S. The number of rotatable bonds is 15. The highest BCUT2D eigenvalue weighted by molar-refractivity contribution is 7.14. The molecule has 6 heteroatoms. The molecule has 0 aliphatic heterocycles. The molecule has 2 aromatic carbocycles. The first-order valence-electron chi connectivity index (χ1n) is 12.4. The van der Waals surface area contributed by atoms with Gasteiger partial charge in [-0.1, -0.05) is 101 Å². The molecule has 0 fully saturated rings. The summed E-state index contributed by atoms with van der Waals surface area (Å²) in [7, 11) is 0. The smallest absolute Gasteiger partial charge is 0.258 e. The number of aromatic nitrogens is 1. The predicted octanol–water partition coefficient (Wildman–Crippen LogP) is 9.02. The minimum atomic E-state index is -0.264. The van der Waals surface area contributed by atoms with Crippen LogP contribution in [0.25, 0.3) is 11.3 Å². The maximum absolute atomic E-state index is 12.5. The Morgan fingerprint density at radius 3 is 2.38 bits per heavy atom. The number of hydrogen-bond donors (Lipinski definition) is 1. The van der Waals surface area contributed by atoms with Crippen LogP contribution in [0.3, 0.4) is 0 Å². The molecule has 0 saturated carbocycles. The van der Waals surface area contributed by atoms with Crippen LogP contribution in [0.4, 0.5) is 5.13 Å². The fourth-order valence-electron chi connectivity index (χ4n) is 3.80. The van der Waals surface area contributed by atoms with Gasteiger partial charge in [-0.05, 0) is 30.7 Å². The summed E-state index contributed by atoms with van der Waals surface area (Å²) in [5, 5.41) is 5.72. The summed E-state index contributed by atoms with van der Waals surface area (Å²) in [6.07, 6.45) is 13.1. The Morgan fingerprint density at radius 1 is 0.941 bits per heavy atom. The number of anilines is 1. The summed E-state index contributed by atoms with van der Waals surface area (Å²) in [5.74, 6) is 0.586. The summed E-state index contributed by atoms with van der Waals surface area (Å²) < 4.78 is 5.97. The molecule has 3 rings (SSSR count). The van der Waals surface area contributed by atoms with E-state index in [2.05, 4.69) is 17.2 Å². The van der Waals surface area contributed by atoms with Gasteiger partial charge in [0.25, 0.3) is 5.91 Å². The van der Waals surface area contributed by atoms with Crippen LogP contribution in [-0.2, 0) is 0 Å². The van der Waals surface area contributed by atoms with Crippen molar-refractivity contribution in [3.05, 3.63) is 64.5 Å². The summed E-state index contributed by atoms with van der Waals surface area (Å²) in [5.41, 5.74) is 2.21. The molecule has 0 atom stereocenters. The molecule has 0 aliphatic rings. The molecule has 0 saturated heterocycles. The first-order chi connectivity index (χ1) is 16.7. The predicted molar refractivity (Wildman–Crippen MR) is 144 cm³/mol. The van der Waals surface area contributed by atoms with Gasteiger partial charge in [0.1, 0.15) is 5.75 Å². The van der Waals surface area contributed by atoms with Gasteiger partial charge in [-0.25, -0.2) is 4.98 Å². The summed E-state index contributed by atoms with van der Waals surface area (Å²) >= 11 is 7.51. The molecule has 0 spiro atoms. The van der Waals surface area contributed by atoms with Crippen molar-refractivity contribution < 1.29 is 9.53 Å². The summed E-state index contributed by atoms with van der Waals surface area (Å²) in [6.45, 7) is 3.00. The molecule has 0 bridgehead atoms. The van der Waals surface area contributed by atoms with E-state index in [1.807, 2.05) is 29.6 Å². The van der Waals surface area contributed by atoms with E-state index in [0.717, 1.165) is 30.0 Å². The highest BCUT2D eigenvalue weighted by Gasteiger charge is 2.13. The van der Waals surface area contributed by atoms with Crippen molar-refractivity contribution in [2.24, 2.45) is 0 Å². The van der Waals surface area contributed by atoms with Gasteiger partial charge in [0.2, 0.25) is 0 Å². The SMILES string of the molecule is CCCCCCCCCCCCOc1cccc(-c2csc(NC(=O)c3ccccc3Cl)n2)c1. The van der Waals surface area contributed by atoms with Gasteiger partial charge in [-0.2, -0.15) is 0 Å². The molecule has 182 valence electrons. The molecule has 1 aromatic heterocycles. The van der Waals surface area contributed by atoms with Crippen molar-refractivity contribution in [1.29, 1.82) is 0 Å². The van der Waals surface area contributed by atoms with Gasteiger partial charge in [0.05, 0.1) is 22.9 Å². The number of carbonyl (C=O) groups excluding carboxylic acids is 1. The van der Waals surface area contributed by atoms with Crippen molar-refractivity contribution in [2.45, 2.75) is 71.1 Å². The maximum Gasteiger partial charge on any atom is 0.258 e. The van der Waals surface area contributed by atoms with Crippen molar-refractivity contribution in [1.82, 2.24) is 4.98 Å². The maximum atomic E-state index is 12.5. The average molecular weight is 499 g/mol. The zero-order chi connectivity index (χ0) is 24.0. The minimum Gasteiger partial charge on any atom is -0.494 e. The van der Waals surface area contributed by atoms with E-state index in [4.69, 9.17) is 16.3 Å². The standard InChI is InChI=1S/C28H35ClN2O2S/c1-2-3-4-5-6-7-8-9-10-13-19-33-23-16-14-15-22(20-23)26-21-34-28(30-26)31-27(32)24-17-11-12-18-25(24)29/h11-12,14-18,20-21H,2-10,13,19H2,1H3,(H,30,31,32). The third-order valence-electron chi connectivity index (χ3n) is 5.74. The first-order valence-corrected chi connectivity index (χ1v) is 13.7. The Bertz CT molecular complexity index is 1020. The van der Waals surface area contributed by atoms with Crippen LogP contribution in [0.2, 0.25) is 5.02 Å².